The molecule has 0 spiro atoms. The number of hydrogen-bond donors (Lipinski definition) is 1. The molecule has 2 aromatic rings. The summed E-state index contributed by atoms with van der Waals surface area (Å²) < 4.78 is 0. The van der Waals surface area contributed by atoms with E-state index >= 15 is 0 Å². The molecule has 1 saturated heterocycles. The summed E-state index contributed by atoms with van der Waals surface area (Å²) >= 11 is 0. The van der Waals surface area contributed by atoms with E-state index in [2.05, 4.69) is 12.2 Å². The van der Waals surface area contributed by atoms with Crippen molar-refractivity contribution in [3.8, 4) is 0 Å². The Kier molecular flexibility index (Phi) is 5.45. The van der Waals surface area contributed by atoms with Gasteiger partial charge in [0.05, 0.1) is 17.7 Å². The molecule has 3 amide bonds. The largest absolute Gasteiger partial charge is 0.334 e. The third-order valence-electron chi connectivity index (χ3n) is 5.60. The van der Waals surface area contributed by atoms with Gasteiger partial charge in [-0.25, -0.2) is 0 Å². The van der Waals surface area contributed by atoms with Gasteiger partial charge >= 0.3 is 0 Å². The molecule has 2 aliphatic heterocycles. The topological polar surface area (TPSA) is 69.7 Å². The Morgan fingerprint density at radius 1 is 1.10 bits per heavy atom. The Hall–Kier alpha value is -2.99. The Bertz CT molecular complexity index is 936. The monoisotopic (exact) mass is 391 g/mol. The third kappa shape index (κ3) is 3.68. The van der Waals surface area contributed by atoms with Crippen molar-refractivity contribution >= 4 is 17.7 Å². The molecule has 0 aromatic heterocycles. The van der Waals surface area contributed by atoms with Crippen molar-refractivity contribution in [2.75, 3.05) is 19.6 Å². The predicted octanol–water partition coefficient (Wildman–Crippen LogP) is 2.70. The van der Waals surface area contributed by atoms with Gasteiger partial charge in [-0.1, -0.05) is 37.3 Å². The van der Waals surface area contributed by atoms with Gasteiger partial charge in [0.15, 0.2) is 0 Å². The third-order valence-corrected chi connectivity index (χ3v) is 5.60. The molecular weight excluding hydrogens is 366 g/mol. The number of carbonyl (C=O) groups excluding carboxylic acids is 3. The van der Waals surface area contributed by atoms with Crippen molar-refractivity contribution < 1.29 is 14.4 Å². The first kappa shape index (κ1) is 19.3. The van der Waals surface area contributed by atoms with Crippen LogP contribution in [0.3, 0.4) is 0 Å². The highest BCUT2D eigenvalue weighted by molar-refractivity contribution is 6.22. The lowest BCUT2D eigenvalue weighted by molar-refractivity contribution is 0.0641. The number of nitrogens with one attached hydrogen (secondary N) is 1. The SMILES string of the molecule is CCCN(C(=O)c1ccc2c(c1)C(=O)N(Cc1ccccc1)C2=O)C1CCNC1. The van der Waals surface area contributed by atoms with Crippen molar-refractivity contribution in [1.82, 2.24) is 15.1 Å². The van der Waals surface area contributed by atoms with E-state index in [9.17, 15) is 14.4 Å². The maximum atomic E-state index is 13.2. The zero-order chi connectivity index (χ0) is 20.4. The fourth-order valence-corrected chi connectivity index (χ4v) is 4.10. The van der Waals surface area contributed by atoms with Crippen LogP contribution in [0.25, 0.3) is 0 Å². The number of benzene rings is 2. The molecule has 1 fully saturated rings. The van der Waals surface area contributed by atoms with Crippen LogP contribution in [0, 0.1) is 0 Å². The van der Waals surface area contributed by atoms with E-state index in [-0.39, 0.29) is 30.3 Å². The van der Waals surface area contributed by atoms with Crippen LogP contribution in [0.1, 0.15) is 56.4 Å². The van der Waals surface area contributed by atoms with Crippen molar-refractivity contribution in [3.63, 3.8) is 0 Å². The van der Waals surface area contributed by atoms with Crippen LogP contribution in [0.5, 0.6) is 0 Å². The maximum Gasteiger partial charge on any atom is 0.261 e. The number of imide groups is 1. The second kappa shape index (κ2) is 8.17. The Morgan fingerprint density at radius 2 is 1.86 bits per heavy atom. The van der Waals surface area contributed by atoms with Crippen molar-refractivity contribution in [3.05, 3.63) is 70.8 Å². The van der Waals surface area contributed by atoms with Crippen LogP contribution in [-0.4, -0.2) is 53.2 Å². The first-order valence-corrected chi connectivity index (χ1v) is 10.2. The molecule has 2 heterocycles. The lowest BCUT2D eigenvalue weighted by atomic mass is 10.0. The van der Waals surface area contributed by atoms with Gasteiger partial charge in [-0.2, -0.15) is 0 Å². The second-order valence-electron chi connectivity index (χ2n) is 7.59. The highest BCUT2D eigenvalue weighted by Crippen LogP contribution is 2.26. The fourth-order valence-electron chi connectivity index (χ4n) is 4.10. The summed E-state index contributed by atoms with van der Waals surface area (Å²) in [5.74, 6) is -0.726. The number of hydrogen-bond acceptors (Lipinski definition) is 4. The van der Waals surface area contributed by atoms with Gasteiger partial charge < -0.3 is 10.2 Å². The molecule has 1 atom stereocenters. The molecule has 6 nitrogen and oxygen atoms in total. The standard InChI is InChI=1S/C23H25N3O3/c1-2-12-25(18-10-11-24-14-18)21(27)17-8-9-19-20(13-17)23(29)26(22(19)28)15-16-6-4-3-5-7-16/h3-9,13,18,24H,2,10-12,14-15H2,1H3. The molecule has 2 aromatic carbocycles. The van der Waals surface area contributed by atoms with Gasteiger partial charge in [0.1, 0.15) is 0 Å². The van der Waals surface area contributed by atoms with Crippen LogP contribution in [0.15, 0.2) is 48.5 Å². The molecular formula is C23H25N3O3. The molecule has 6 heteroatoms. The molecule has 150 valence electrons. The highest BCUT2D eigenvalue weighted by Gasteiger charge is 2.36. The van der Waals surface area contributed by atoms with Crippen LogP contribution < -0.4 is 5.32 Å². The number of fused-ring (bicyclic) bond motifs is 1. The average molecular weight is 391 g/mol. The summed E-state index contributed by atoms with van der Waals surface area (Å²) in [5, 5.41) is 3.30. The molecule has 0 aliphatic carbocycles. The fraction of sp³-hybridized carbons (Fsp3) is 0.348. The molecule has 1 N–H and O–H groups in total. The molecule has 29 heavy (non-hydrogen) atoms. The predicted molar refractivity (Wildman–Crippen MR) is 110 cm³/mol. The number of nitrogens with zero attached hydrogens (tertiary/aromatic N) is 2. The molecule has 0 bridgehead atoms. The summed E-state index contributed by atoms with van der Waals surface area (Å²) in [7, 11) is 0. The first-order valence-electron chi connectivity index (χ1n) is 10.2. The van der Waals surface area contributed by atoms with Crippen LogP contribution in [-0.2, 0) is 6.54 Å². The van der Waals surface area contributed by atoms with Gasteiger partial charge in [0.2, 0.25) is 0 Å². The van der Waals surface area contributed by atoms with Crippen LogP contribution in [0.4, 0.5) is 0 Å². The first-order chi connectivity index (χ1) is 14.1. The van der Waals surface area contributed by atoms with E-state index in [4.69, 9.17) is 0 Å². The normalized spacial score (nSPS) is 18.2. The van der Waals surface area contributed by atoms with Gasteiger partial charge in [0.25, 0.3) is 17.7 Å². The minimum absolute atomic E-state index is 0.0786. The van der Waals surface area contributed by atoms with Gasteiger partial charge in [0, 0.05) is 24.7 Å². The van der Waals surface area contributed by atoms with E-state index in [1.165, 1.54) is 4.90 Å². The summed E-state index contributed by atoms with van der Waals surface area (Å²) in [6.07, 6.45) is 1.80. The molecule has 4 rings (SSSR count). The second-order valence-corrected chi connectivity index (χ2v) is 7.59. The van der Waals surface area contributed by atoms with Gasteiger partial charge in [-0.05, 0) is 43.1 Å². The number of carbonyl (C=O) groups is 3. The Labute approximate surface area is 170 Å². The smallest absolute Gasteiger partial charge is 0.261 e. The summed E-state index contributed by atoms with van der Waals surface area (Å²) in [6, 6.07) is 14.5. The summed E-state index contributed by atoms with van der Waals surface area (Å²) in [5.41, 5.74) is 2.04. The van der Waals surface area contributed by atoms with E-state index in [1.807, 2.05) is 35.2 Å². The van der Waals surface area contributed by atoms with E-state index in [0.29, 0.717) is 23.2 Å². The Morgan fingerprint density at radius 3 is 2.55 bits per heavy atom. The molecule has 0 saturated carbocycles. The van der Waals surface area contributed by atoms with E-state index in [1.54, 1.807) is 18.2 Å². The maximum absolute atomic E-state index is 13.2. The summed E-state index contributed by atoms with van der Waals surface area (Å²) in [6.45, 7) is 4.65. The van der Waals surface area contributed by atoms with Crippen molar-refractivity contribution in [2.45, 2.75) is 32.4 Å². The number of rotatable bonds is 6. The van der Waals surface area contributed by atoms with Crippen molar-refractivity contribution in [1.29, 1.82) is 0 Å². The quantitative estimate of drug-likeness (QED) is 0.769. The van der Waals surface area contributed by atoms with Gasteiger partial charge in [-0.15, -0.1) is 0 Å². The minimum Gasteiger partial charge on any atom is -0.334 e. The zero-order valence-electron chi connectivity index (χ0n) is 16.6. The molecule has 0 radical (unpaired) electrons. The minimum atomic E-state index is -0.340. The van der Waals surface area contributed by atoms with E-state index in [0.717, 1.165) is 31.5 Å². The van der Waals surface area contributed by atoms with E-state index < -0.39 is 0 Å². The van der Waals surface area contributed by atoms with Gasteiger partial charge in [-0.3, -0.25) is 19.3 Å². The lowest BCUT2D eigenvalue weighted by Crippen LogP contribution is -2.42. The number of amides is 3. The highest BCUT2D eigenvalue weighted by atomic mass is 16.2. The van der Waals surface area contributed by atoms with Crippen molar-refractivity contribution in [2.24, 2.45) is 0 Å². The zero-order valence-corrected chi connectivity index (χ0v) is 16.6. The lowest BCUT2D eigenvalue weighted by Gasteiger charge is -2.28. The Balaban J connectivity index is 1.59. The average Bonchev–Trinajstić information content (AvgIpc) is 3.36. The molecule has 2 aliphatic rings. The summed E-state index contributed by atoms with van der Waals surface area (Å²) in [4.78, 5) is 42.0. The molecule has 1 unspecified atom stereocenters. The van der Waals surface area contributed by atoms with Crippen LogP contribution in [0.2, 0.25) is 0 Å². The van der Waals surface area contributed by atoms with Crippen LogP contribution >= 0.6 is 0 Å².